The van der Waals surface area contributed by atoms with Gasteiger partial charge >= 0.3 is 5.97 Å². The second-order valence-electron chi connectivity index (χ2n) is 6.57. The van der Waals surface area contributed by atoms with Crippen molar-refractivity contribution in [2.45, 2.75) is 44.5 Å². The third kappa shape index (κ3) is 4.18. The van der Waals surface area contributed by atoms with Crippen LogP contribution in [0.5, 0.6) is 0 Å². The highest BCUT2D eigenvalue weighted by Gasteiger charge is 2.39. The van der Waals surface area contributed by atoms with Crippen LogP contribution in [0.1, 0.15) is 36.9 Å². The third-order valence-corrected chi connectivity index (χ3v) is 4.90. The molecular formula is C22H25NO2. The molecule has 0 spiro atoms. The molecule has 0 amide bonds. The summed E-state index contributed by atoms with van der Waals surface area (Å²) < 4.78 is 5.57. The van der Waals surface area contributed by atoms with Crippen LogP contribution < -0.4 is 0 Å². The average molecular weight is 335 g/mol. The summed E-state index contributed by atoms with van der Waals surface area (Å²) in [5.41, 5.74) is 2.48. The SMILES string of the molecule is C=CC[C@H]1OC(=O)C[C@@H]1N(Cc1ccccc1)[C@H](C)c1ccccc1. The second-order valence-corrected chi connectivity index (χ2v) is 6.57. The summed E-state index contributed by atoms with van der Waals surface area (Å²) in [6, 6.07) is 21.1. The highest BCUT2D eigenvalue weighted by molar-refractivity contribution is 5.72. The van der Waals surface area contributed by atoms with E-state index in [1.54, 1.807) is 0 Å². The zero-order valence-electron chi connectivity index (χ0n) is 14.7. The predicted molar refractivity (Wildman–Crippen MR) is 99.9 cm³/mol. The molecule has 0 saturated carbocycles. The molecule has 0 aliphatic carbocycles. The fourth-order valence-electron chi connectivity index (χ4n) is 3.56. The molecule has 130 valence electrons. The molecule has 0 unspecified atom stereocenters. The number of esters is 1. The van der Waals surface area contributed by atoms with Crippen molar-refractivity contribution >= 4 is 5.97 Å². The van der Waals surface area contributed by atoms with Gasteiger partial charge in [0.15, 0.2) is 0 Å². The standard InChI is InChI=1S/C22H25NO2/c1-3-10-21-20(15-22(24)25-21)23(16-18-11-6-4-7-12-18)17(2)19-13-8-5-9-14-19/h3-9,11-14,17,20-21H,1,10,15-16H2,2H3/t17-,20+,21-/m1/s1. The first kappa shape index (κ1) is 17.4. The summed E-state index contributed by atoms with van der Waals surface area (Å²) in [5.74, 6) is -0.116. The molecule has 3 heteroatoms. The summed E-state index contributed by atoms with van der Waals surface area (Å²) in [7, 11) is 0. The lowest BCUT2D eigenvalue weighted by atomic mass is 9.98. The lowest BCUT2D eigenvalue weighted by Gasteiger charge is -2.36. The van der Waals surface area contributed by atoms with Gasteiger partial charge in [-0.2, -0.15) is 0 Å². The Labute approximate surface area is 149 Å². The Hall–Kier alpha value is -2.39. The predicted octanol–water partition coefficient (Wildman–Crippen LogP) is 4.51. The van der Waals surface area contributed by atoms with Crippen molar-refractivity contribution in [2.75, 3.05) is 0 Å². The van der Waals surface area contributed by atoms with Crippen LogP contribution in [0.2, 0.25) is 0 Å². The van der Waals surface area contributed by atoms with E-state index in [4.69, 9.17) is 4.74 Å². The van der Waals surface area contributed by atoms with Gasteiger partial charge in [0.05, 0.1) is 12.5 Å². The molecule has 3 atom stereocenters. The smallest absolute Gasteiger partial charge is 0.307 e. The van der Waals surface area contributed by atoms with Gasteiger partial charge < -0.3 is 4.74 Å². The lowest BCUT2D eigenvalue weighted by molar-refractivity contribution is -0.141. The quantitative estimate of drug-likeness (QED) is 0.551. The van der Waals surface area contributed by atoms with Crippen LogP contribution in [0.15, 0.2) is 73.3 Å². The second kappa shape index (κ2) is 8.13. The van der Waals surface area contributed by atoms with Crippen molar-refractivity contribution < 1.29 is 9.53 Å². The molecule has 0 N–H and O–H groups in total. The van der Waals surface area contributed by atoms with E-state index in [2.05, 4.69) is 66.9 Å². The van der Waals surface area contributed by atoms with Crippen LogP contribution in [-0.4, -0.2) is 23.0 Å². The minimum absolute atomic E-state index is 0.0564. The molecule has 1 fully saturated rings. The summed E-state index contributed by atoms with van der Waals surface area (Å²) in [5, 5.41) is 0. The summed E-state index contributed by atoms with van der Waals surface area (Å²) >= 11 is 0. The van der Waals surface area contributed by atoms with Crippen LogP contribution in [0, 0.1) is 0 Å². The number of rotatable bonds is 7. The van der Waals surface area contributed by atoms with Crippen molar-refractivity contribution in [3.05, 3.63) is 84.4 Å². The summed E-state index contributed by atoms with van der Waals surface area (Å²) in [4.78, 5) is 14.4. The van der Waals surface area contributed by atoms with Gasteiger partial charge in [0.1, 0.15) is 6.10 Å². The number of nitrogens with zero attached hydrogens (tertiary/aromatic N) is 1. The fraction of sp³-hybridized carbons (Fsp3) is 0.318. The molecule has 2 aromatic rings. The number of carbonyl (C=O) groups excluding carboxylic acids is 1. The van der Waals surface area contributed by atoms with Gasteiger partial charge in [-0.3, -0.25) is 9.69 Å². The van der Waals surface area contributed by atoms with E-state index in [1.807, 2.05) is 18.2 Å². The number of cyclic esters (lactones) is 1. The molecule has 1 aliphatic rings. The number of benzene rings is 2. The van der Waals surface area contributed by atoms with E-state index in [1.165, 1.54) is 11.1 Å². The number of ether oxygens (including phenoxy) is 1. The Morgan fingerprint density at radius 2 is 1.80 bits per heavy atom. The van der Waals surface area contributed by atoms with E-state index in [0.717, 1.165) is 6.54 Å². The maximum absolute atomic E-state index is 12.0. The normalized spacial score (nSPS) is 21.1. The fourth-order valence-corrected chi connectivity index (χ4v) is 3.56. The van der Waals surface area contributed by atoms with Crippen molar-refractivity contribution in [3.8, 4) is 0 Å². The van der Waals surface area contributed by atoms with Crippen LogP contribution in [0.3, 0.4) is 0 Å². The summed E-state index contributed by atoms with van der Waals surface area (Å²) in [6.45, 7) is 6.80. The molecule has 1 heterocycles. The molecule has 3 rings (SSSR count). The van der Waals surface area contributed by atoms with Gasteiger partial charge in [-0.1, -0.05) is 66.7 Å². The molecule has 1 saturated heterocycles. The maximum atomic E-state index is 12.0. The molecule has 25 heavy (non-hydrogen) atoms. The number of hydrogen-bond acceptors (Lipinski definition) is 3. The van der Waals surface area contributed by atoms with Crippen LogP contribution in [0.25, 0.3) is 0 Å². The van der Waals surface area contributed by atoms with Crippen molar-refractivity contribution in [1.82, 2.24) is 4.90 Å². The van der Waals surface area contributed by atoms with Gasteiger partial charge in [0.2, 0.25) is 0 Å². The van der Waals surface area contributed by atoms with Crippen LogP contribution in [0.4, 0.5) is 0 Å². The van der Waals surface area contributed by atoms with E-state index in [0.29, 0.717) is 12.8 Å². The minimum atomic E-state index is -0.125. The Morgan fingerprint density at radius 1 is 1.16 bits per heavy atom. The van der Waals surface area contributed by atoms with E-state index in [-0.39, 0.29) is 24.2 Å². The maximum Gasteiger partial charge on any atom is 0.307 e. The molecule has 0 bridgehead atoms. The average Bonchev–Trinajstić information content (AvgIpc) is 3.01. The van der Waals surface area contributed by atoms with Crippen LogP contribution in [-0.2, 0) is 16.1 Å². The Bertz CT molecular complexity index is 698. The van der Waals surface area contributed by atoms with Crippen molar-refractivity contribution in [1.29, 1.82) is 0 Å². The van der Waals surface area contributed by atoms with E-state index >= 15 is 0 Å². The largest absolute Gasteiger partial charge is 0.460 e. The minimum Gasteiger partial charge on any atom is -0.460 e. The topological polar surface area (TPSA) is 29.5 Å². The van der Waals surface area contributed by atoms with Gasteiger partial charge in [-0.25, -0.2) is 0 Å². The highest BCUT2D eigenvalue weighted by Crippen LogP contribution is 2.32. The Balaban J connectivity index is 1.90. The van der Waals surface area contributed by atoms with Gasteiger partial charge in [0.25, 0.3) is 0 Å². The first-order valence-electron chi connectivity index (χ1n) is 8.84. The molecule has 0 radical (unpaired) electrons. The Kier molecular flexibility index (Phi) is 5.67. The van der Waals surface area contributed by atoms with Crippen LogP contribution >= 0.6 is 0 Å². The molecule has 2 aromatic carbocycles. The van der Waals surface area contributed by atoms with Gasteiger partial charge in [0, 0.05) is 19.0 Å². The zero-order valence-corrected chi connectivity index (χ0v) is 14.7. The Morgan fingerprint density at radius 3 is 2.44 bits per heavy atom. The van der Waals surface area contributed by atoms with E-state index in [9.17, 15) is 4.79 Å². The van der Waals surface area contributed by atoms with Gasteiger partial charge in [-0.05, 0) is 18.1 Å². The number of carbonyl (C=O) groups is 1. The lowest BCUT2D eigenvalue weighted by Crippen LogP contribution is -2.41. The van der Waals surface area contributed by atoms with Crippen molar-refractivity contribution in [2.24, 2.45) is 0 Å². The highest BCUT2D eigenvalue weighted by atomic mass is 16.6. The van der Waals surface area contributed by atoms with Gasteiger partial charge in [-0.15, -0.1) is 6.58 Å². The summed E-state index contributed by atoms with van der Waals surface area (Å²) in [6.07, 6.45) is 2.83. The van der Waals surface area contributed by atoms with E-state index < -0.39 is 0 Å². The first-order valence-corrected chi connectivity index (χ1v) is 8.84. The monoisotopic (exact) mass is 335 g/mol. The molecule has 1 aliphatic heterocycles. The number of hydrogen-bond donors (Lipinski definition) is 0. The zero-order chi connectivity index (χ0) is 17.6. The molecule has 3 nitrogen and oxygen atoms in total. The molecule has 0 aromatic heterocycles. The first-order chi connectivity index (χ1) is 12.2. The third-order valence-electron chi connectivity index (χ3n) is 4.90. The van der Waals surface area contributed by atoms with Crippen molar-refractivity contribution in [3.63, 3.8) is 0 Å². The molecular weight excluding hydrogens is 310 g/mol.